The van der Waals surface area contributed by atoms with Gasteiger partial charge in [-0.1, -0.05) is 43.3 Å². The Morgan fingerprint density at radius 1 is 0.826 bits per heavy atom. The van der Waals surface area contributed by atoms with Crippen molar-refractivity contribution in [2.75, 3.05) is 6.61 Å². The topological polar surface area (TPSA) is 18.5 Å². The fourth-order valence-corrected chi connectivity index (χ4v) is 1.87. The van der Waals surface area contributed by atoms with Crippen molar-refractivity contribution in [3.8, 4) is 11.5 Å². The SMILES string of the molecule is CCCOc1ccc(C=Cc2ccc(OC(F)(F)F)cc2)cc1. The average Bonchev–Trinajstić information content (AvgIpc) is 2.52. The maximum atomic E-state index is 12.1. The molecule has 0 N–H and O–H groups in total. The smallest absolute Gasteiger partial charge is 0.494 e. The fraction of sp³-hybridized carbons (Fsp3) is 0.222. The third-order valence-corrected chi connectivity index (χ3v) is 2.93. The van der Waals surface area contributed by atoms with E-state index < -0.39 is 6.36 Å². The molecule has 2 rings (SSSR count). The van der Waals surface area contributed by atoms with Gasteiger partial charge in [0.05, 0.1) is 6.61 Å². The van der Waals surface area contributed by atoms with Gasteiger partial charge in [-0.25, -0.2) is 0 Å². The highest BCUT2D eigenvalue weighted by molar-refractivity contribution is 5.70. The van der Waals surface area contributed by atoms with Crippen LogP contribution in [0.2, 0.25) is 0 Å². The summed E-state index contributed by atoms with van der Waals surface area (Å²) in [6.45, 7) is 2.73. The van der Waals surface area contributed by atoms with Gasteiger partial charge in [0.2, 0.25) is 0 Å². The molecule has 0 heterocycles. The van der Waals surface area contributed by atoms with Crippen molar-refractivity contribution in [1.29, 1.82) is 0 Å². The van der Waals surface area contributed by atoms with Gasteiger partial charge < -0.3 is 9.47 Å². The number of rotatable bonds is 6. The van der Waals surface area contributed by atoms with Crippen LogP contribution in [-0.2, 0) is 0 Å². The molecule has 0 amide bonds. The summed E-state index contributed by atoms with van der Waals surface area (Å²) in [6, 6.07) is 13.3. The van der Waals surface area contributed by atoms with Crippen molar-refractivity contribution < 1.29 is 22.6 Å². The Kier molecular flexibility index (Phi) is 5.68. The number of benzene rings is 2. The second kappa shape index (κ2) is 7.72. The van der Waals surface area contributed by atoms with Crippen molar-refractivity contribution in [3.63, 3.8) is 0 Å². The van der Waals surface area contributed by atoms with E-state index in [1.165, 1.54) is 12.1 Å². The summed E-state index contributed by atoms with van der Waals surface area (Å²) >= 11 is 0. The molecule has 0 saturated carbocycles. The van der Waals surface area contributed by atoms with Gasteiger partial charge >= 0.3 is 6.36 Å². The number of hydrogen-bond acceptors (Lipinski definition) is 2. The van der Waals surface area contributed by atoms with Crippen molar-refractivity contribution in [2.24, 2.45) is 0 Å². The third kappa shape index (κ3) is 6.06. The van der Waals surface area contributed by atoms with Crippen molar-refractivity contribution in [1.82, 2.24) is 0 Å². The lowest BCUT2D eigenvalue weighted by Crippen LogP contribution is -2.16. The largest absolute Gasteiger partial charge is 0.573 e. The Morgan fingerprint density at radius 3 is 1.74 bits per heavy atom. The summed E-state index contributed by atoms with van der Waals surface area (Å²) in [6.07, 6.45) is -0.0167. The molecule has 0 atom stereocenters. The fourth-order valence-electron chi connectivity index (χ4n) is 1.87. The number of halogens is 3. The monoisotopic (exact) mass is 322 g/mol. The van der Waals surface area contributed by atoms with Crippen LogP contribution in [0.25, 0.3) is 12.2 Å². The predicted molar refractivity (Wildman–Crippen MR) is 84.3 cm³/mol. The predicted octanol–water partition coefficient (Wildman–Crippen LogP) is 5.54. The summed E-state index contributed by atoms with van der Waals surface area (Å²) in [5.74, 6) is 0.588. The lowest BCUT2D eigenvalue weighted by molar-refractivity contribution is -0.274. The molecule has 0 spiro atoms. The normalized spacial score (nSPS) is 11.7. The van der Waals surface area contributed by atoms with Gasteiger partial charge in [0.25, 0.3) is 0 Å². The van der Waals surface area contributed by atoms with E-state index in [0.29, 0.717) is 6.61 Å². The third-order valence-electron chi connectivity index (χ3n) is 2.93. The van der Waals surface area contributed by atoms with Crippen LogP contribution in [0.1, 0.15) is 24.5 Å². The maximum absolute atomic E-state index is 12.1. The van der Waals surface area contributed by atoms with E-state index in [9.17, 15) is 13.2 Å². The Labute approximate surface area is 133 Å². The van der Waals surface area contributed by atoms with E-state index in [0.717, 1.165) is 23.3 Å². The molecule has 5 heteroatoms. The Morgan fingerprint density at radius 2 is 1.30 bits per heavy atom. The molecule has 122 valence electrons. The van der Waals surface area contributed by atoms with Crippen LogP contribution >= 0.6 is 0 Å². The quantitative estimate of drug-likeness (QED) is 0.650. The van der Waals surface area contributed by atoms with Gasteiger partial charge in [0.15, 0.2) is 0 Å². The molecule has 2 aromatic rings. The zero-order chi connectivity index (χ0) is 16.7. The second-order valence-corrected chi connectivity index (χ2v) is 4.87. The van der Waals surface area contributed by atoms with E-state index in [4.69, 9.17) is 4.74 Å². The summed E-state index contributed by atoms with van der Waals surface area (Å²) in [4.78, 5) is 0. The number of ether oxygens (including phenoxy) is 2. The zero-order valence-electron chi connectivity index (χ0n) is 12.6. The molecule has 0 aliphatic rings. The Balaban J connectivity index is 1.97. The first kappa shape index (κ1) is 16.9. The van der Waals surface area contributed by atoms with Crippen LogP contribution in [0, 0.1) is 0 Å². The van der Waals surface area contributed by atoms with E-state index in [1.54, 1.807) is 12.1 Å². The second-order valence-electron chi connectivity index (χ2n) is 4.87. The standard InChI is InChI=1S/C18H17F3O2/c1-2-13-22-16-9-5-14(6-10-16)3-4-15-7-11-17(12-8-15)23-18(19,20)21/h3-12H,2,13H2,1H3. The van der Waals surface area contributed by atoms with E-state index in [2.05, 4.69) is 4.74 Å². The molecule has 0 aliphatic heterocycles. The lowest BCUT2D eigenvalue weighted by Gasteiger charge is -2.08. The van der Waals surface area contributed by atoms with Crippen molar-refractivity contribution in [2.45, 2.75) is 19.7 Å². The molecule has 0 bridgehead atoms. The van der Waals surface area contributed by atoms with E-state index in [-0.39, 0.29) is 5.75 Å². The van der Waals surface area contributed by atoms with Crippen LogP contribution < -0.4 is 9.47 Å². The molecule has 23 heavy (non-hydrogen) atoms. The van der Waals surface area contributed by atoms with E-state index in [1.807, 2.05) is 43.3 Å². The van der Waals surface area contributed by atoms with Crippen LogP contribution in [0.5, 0.6) is 11.5 Å². The highest BCUT2D eigenvalue weighted by Gasteiger charge is 2.30. The summed E-state index contributed by atoms with van der Waals surface area (Å²) in [5, 5.41) is 0. The minimum atomic E-state index is -4.67. The first-order chi connectivity index (χ1) is 11.0. The lowest BCUT2D eigenvalue weighted by atomic mass is 10.1. The Bertz CT molecular complexity index is 629. The first-order valence-corrected chi connectivity index (χ1v) is 7.23. The minimum Gasteiger partial charge on any atom is -0.494 e. The zero-order valence-corrected chi connectivity index (χ0v) is 12.6. The molecular weight excluding hydrogens is 305 g/mol. The molecular formula is C18H17F3O2. The minimum absolute atomic E-state index is 0.230. The molecule has 0 aliphatic carbocycles. The van der Waals surface area contributed by atoms with Crippen molar-refractivity contribution >= 4 is 12.2 Å². The number of hydrogen-bond donors (Lipinski definition) is 0. The van der Waals surface area contributed by atoms with Gasteiger partial charge in [0.1, 0.15) is 11.5 Å². The van der Waals surface area contributed by atoms with E-state index >= 15 is 0 Å². The molecule has 0 radical (unpaired) electrons. The molecule has 0 aromatic heterocycles. The number of alkyl halides is 3. The Hall–Kier alpha value is -2.43. The molecule has 0 unspecified atom stereocenters. The van der Waals surface area contributed by atoms with Crippen LogP contribution in [0.15, 0.2) is 48.5 Å². The summed E-state index contributed by atoms with van der Waals surface area (Å²) < 4.78 is 45.5. The summed E-state index contributed by atoms with van der Waals surface area (Å²) in [7, 11) is 0. The van der Waals surface area contributed by atoms with Gasteiger partial charge in [-0.05, 0) is 41.8 Å². The molecule has 0 fully saturated rings. The van der Waals surface area contributed by atoms with Crippen LogP contribution in [-0.4, -0.2) is 13.0 Å². The molecule has 2 aromatic carbocycles. The van der Waals surface area contributed by atoms with Gasteiger partial charge in [-0.15, -0.1) is 13.2 Å². The summed E-state index contributed by atoms with van der Waals surface area (Å²) in [5.41, 5.74) is 1.76. The molecule has 2 nitrogen and oxygen atoms in total. The van der Waals surface area contributed by atoms with Gasteiger partial charge in [-0.2, -0.15) is 0 Å². The van der Waals surface area contributed by atoms with Crippen LogP contribution in [0.3, 0.4) is 0 Å². The van der Waals surface area contributed by atoms with Crippen molar-refractivity contribution in [3.05, 3.63) is 59.7 Å². The average molecular weight is 322 g/mol. The first-order valence-electron chi connectivity index (χ1n) is 7.23. The van der Waals surface area contributed by atoms with Gasteiger partial charge in [0, 0.05) is 0 Å². The van der Waals surface area contributed by atoms with Gasteiger partial charge in [-0.3, -0.25) is 0 Å². The highest BCUT2D eigenvalue weighted by Crippen LogP contribution is 2.23. The highest BCUT2D eigenvalue weighted by atomic mass is 19.4. The maximum Gasteiger partial charge on any atom is 0.573 e. The molecule has 0 saturated heterocycles. The van der Waals surface area contributed by atoms with Crippen LogP contribution in [0.4, 0.5) is 13.2 Å².